The van der Waals surface area contributed by atoms with Crippen molar-refractivity contribution in [1.82, 2.24) is 0 Å². The summed E-state index contributed by atoms with van der Waals surface area (Å²) in [5, 5.41) is 29.1. The number of benzene rings is 2. The maximum Gasteiger partial charge on any atom is 0.130 e. The first kappa shape index (κ1) is 10.8. The van der Waals surface area contributed by atoms with Crippen molar-refractivity contribution in [2.45, 2.75) is 6.42 Å². The van der Waals surface area contributed by atoms with Crippen LogP contribution in [0.1, 0.15) is 11.1 Å². The van der Waals surface area contributed by atoms with E-state index in [2.05, 4.69) is 0 Å². The van der Waals surface area contributed by atoms with Crippen LogP contribution < -0.4 is 4.74 Å². The number of ether oxygens (including phenoxy) is 1. The molecule has 0 aromatic heterocycles. The standard InChI is InChI=1S/C14H12O4/c1-18-12-6-10(16)4-8-2-7-3-9(15)5-11(17)13(7)14(8)12/h3-6,15-17H,2H2,1H3. The third-order valence-corrected chi connectivity index (χ3v) is 3.20. The molecule has 0 bridgehead atoms. The van der Waals surface area contributed by atoms with Gasteiger partial charge >= 0.3 is 0 Å². The summed E-state index contributed by atoms with van der Waals surface area (Å²) >= 11 is 0. The van der Waals surface area contributed by atoms with Crippen LogP contribution in [-0.4, -0.2) is 22.4 Å². The predicted octanol–water partition coefficient (Wildman–Crippen LogP) is 2.38. The summed E-state index contributed by atoms with van der Waals surface area (Å²) in [5.74, 6) is 0.696. The quantitative estimate of drug-likeness (QED) is 0.614. The Hall–Kier alpha value is -2.36. The van der Waals surface area contributed by atoms with Crippen molar-refractivity contribution in [3.05, 3.63) is 35.4 Å². The lowest BCUT2D eigenvalue weighted by atomic mass is 10.0. The van der Waals surface area contributed by atoms with Crippen LogP contribution in [0.25, 0.3) is 11.1 Å². The lowest BCUT2D eigenvalue weighted by Gasteiger charge is -2.10. The summed E-state index contributed by atoms with van der Waals surface area (Å²) in [6.07, 6.45) is 0.553. The Morgan fingerprint density at radius 2 is 1.50 bits per heavy atom. The fourth-order valence-corrected chi connectivity index (χ4v) is 2.54. The van der Waals surface area contributed by atoms with Crippen molar-refractivity contribution in [2.75, 3.05) is 7.11 Å². The van der Waals surface area contributed by atoms with Gasteiger partial charge in [0, 0.05) is 23.3 Å². The molecule has 4 heteroatoms. The second kappa shape index (κ2) is 3.57. The number of phenols is 3. The maximum atomic E-state index is 9.97. The van der Waals surface area contributed by atoms with E-state index in [1.54, 1.807) is 12.1 Å². The minimum Gasteiger partial charge on any atom is -0.508 e. The van der Waals surface area contributed by atoms with Gasteiger partial charge in [-0.3, -0.25) is 0 Å². The smallest absolute Gasteiger partial charge is 0.130 e. The highest BCUT2D eigenvalue weighted by Crippen LogP contribution is 2.49. The van der Waals surface area contributed by atoms with Crippen LogP contribution in [0.5, 0.6) is 23.0 Å². The summed E-state index contributed by atoms with van der Waals surface area (Å²) in [6, 6.07) is 6.08. The lowest BCUT2D eigenvalue weighted by molar-refractivity contribution is 0.408. The first-order valence-electron chi connectivity index (χ1n) is 5.55. The molecule has 92 valence electrons. The largest absolute Gasteiger partial charge is 0.508 e. The molecule has 0 aliphatic heterocycles. The zero-order valence-electron chi connectivity index (χ0n) is 9.77. The van der Waals surface area contributed by atoms with Gasteiger partial charge in [-0.15, -0.1) is 0 Å². The van der Waals surface area contributed by atoms with E-state index in [-0.39, 0.29) is 17.2 Å². The highest BCUT2D eigenvalue weighted by atomic mass is 16.5. The van der Waals surface area contributed by atoms with E-state index in [1.807, 2.05) is 0 Å². The Morgan fingerprint density at radius 3 is 2.17 bits per heavy atom. The molecular weight excluding hydrogens is 232 g/mol. The Kier molecular flexibility index (Phi) is 2.13. The molecule has 0 saturated heterocycles. The van der Waals surface area contributed by atoms with Crippen molar-refractivity contribution in [1.29, 1.82) is 0 Å². The number of methoxy groups -OCH3 is 1. The maximum absolute atomic E-state index is 9.97. The third kappa shape index (κ3) is 1.39. The first-order chi connectivity index (χ1) is 8.60. The second-order valence-electron chi connectivity index (χ2n) is 4.36. The van der Waals surface area contributed by atoms with Crippen LogP contribution in [0.3, 0.4) is 0 Å². The van der Waals surface area contributed by atoms with Crippen molar-refractivity contribution >= 4 is 0 Å². The molecule has 0 unspecified atom stereocenters. The molecule has 18 heavy (non-hydrogen) atoms. The van der Waals surface area contributed by atoms with Gasteiger partial charge < -0.3 is 20.1 Å². The van der Waals surface area contributed by atoms with E-state index in [4.69, 9.17) is 4.74 Å². The average Bonchev–Trinajstić information content (AvgIpc) is 2.65. The molecule has 4 nitrogen and oxygen atoms in total. The van der Waals surface area contributed by atoms with Gasteiger partial charge in [0.25, 0.3) is 0 Å². The van der Waals surface area contributed by atoms with Gasteiger partial charge in [-0.2, -0.15) is 0 Å². The minimum atomic E-state index is 0.0211. The Bertz CT molecular complexity index is 647. The van der Waals surface area contributed by atoms with Crippen LogP contribution >= 0.6 is 0 Å². The molecule has 3 rings (SSSR count). The number of rotatable bonds is 1. The Balaban J connectivity index is 2.33. The third-order valence-electron chi connectivity index (χ3n) is 3.20. The summed E-state index contributed by atoms with van der Waals surface area (Å²) in [7, 11) is 1.52. The minimum absolute atomic E-state index is 0.0211. The van der Waals surface area contributed by atoms with Gasteiger partial charge in [0.2, 0.25) is 0 Å². The molecule has 0 amide bonds. The van der Waals surface area contributed by atoms with E-state index < -0.39 is 0 Å². The number of aromatic hydroxyl groups is 3. The summed E-state index contributed by atoms with van der Waals surface area (Å²) in [5.41, 5.74) is 3.15. The Labute approximate surface area is 104 Å². The van der Waals surface area contributed by atoms with Gasteiger partial charge in [0.05, 0.1) is 7.11 Å². The molecule has 0 heterocycles. The van der Waals surface area contributed by atoms with Crippen LogP contribution in [0, 0.1) is 0 Å². The summed E-state index contributed by atoms with van der Waals surface area (Å²) in [6.45, 7) is 0. The monoisotopic (exact) mass is 244 g/mol. The average molecular weight is 244 g/mol. The second-order valence-corrected chi connectivity index (χ2v) is 4.36. The van der Waals surface area contributed by atoms with Gasteiger partial charge in [0.15, 0.2) is 0 Å². The molecule has 2 aromatic carbocycles. The zero-order chi connectivity index (χ0) is 12.9. The van der Waals surface area contributed by atoms with E-state index in [1.165, 1.54) is 19.2 Å². The predicted molar refractivity (Wildman–Crippen MR) is 66.2 cm³/mol. The highest BCUT2D eigenvalue weighted by molar-refractivity contribution is 5.87. The normalized spacial score (nSPS) is 12.1. The van der Waals surface area contributed by atoms with E-state index in [0.29, 0.717) is 17.7 Å². The molecule has 2 aromatic rings. The van der Waals surface area contributed by atoms with Crippen LogP contribution in [0.15, 0.2) is 24.3 Å². The fourth-order valence-electron chi connectivity index (χ4n) is 2.54. The van der Waals surface area contributed by atoms with Crippen LogP contribution in [0.2, 0.25) is 0 Å². The molecule has 3 N–H and O–H groups in total. The van der Waals surface area contributed by atoms with E-state index in [0.717, 1.165) is 16.7 Å². The van der Waals surface area contributed by atoms with Gasteiger partial charge in [-0.25, -0.2) is 0 Å². The Morgan fingerprint density at radius 1 is 0.889 bits per heavy atom. The number of hydrogen-bond donors (Lipinski definition) is 3. The molecule has 0 saturated carbocycles. The molecule has 0 spiro atoms. The first-order valence-corrected chi connectivity index (χ1v) is 5.55. The van der Waals surface area contributed by atoms with Crippen molar-refractivity contribution < 1.29 is 20.1 Å². The molecule has 0 atom stereocenters. The number of hydrogen-bond acceptors (Lipinski definition) is 4. The van der Waals surface area contributed by atoms with Gasteiger partial charge in [-0.1, -0.05) is 0 Å². The van der Waals surface area contributed by atoms with Crippen LogP contribution in [0.4, 0.5) is 0 Å². The fraction of sp³-hybridized carbons (Fsp3) is 0.143. The van der Waals surface area contributed by atoms with Crippen LogP contribution in [-0.2, 0) is 6.42 Å². The SMILES string of the molecule is COc1cc(O)cc2c1-c1c(O)cc(O)cc1C2. The van der Waals surface area contributed by atoms with Gasteiger partial charge in [-0.05, 0) is 29.7 Å². The molecule has 0 radical (unpaired) electrons. The van der Waals surface area contributed by atoms with Crippen molar-refractivity contribution in [3.63, 3.8) is 0 Å². The number of phenolic OH excluding ortho intramolecular Hbond substituents is 3. The topological polar surface area (TPSA) is 69.9 Å². The summed E-state index contributed by atoms with van der Waals surface area (Å²) < 4.78 is 5.25. The van der Waals surface area contributed by atoms with E-state index >= 15 is 0 Å². The van der Waals surface area contributed by atoms with Crippen molar-refractivity contribution in [2.24, 2.45) is 0 Å². The van der Waals surface area contributed by atoms with Crippen molar-refractivity contribution in [3.8, 4) is 34.1 Å². The molecule has 1 aliphatic rings. The van der Waals surface area contributed by atoms with E-state index in [9.17, 15) is 15.3 Å². The molecule has 1 aliphatic carbocycles. The number of fused-ring (bicyclic) bond motifs is 3. The lowest BCUT2D eigenvalue weighted by Crippen LogP contribution is -1.88. The van der Waals surface area contributed by atoms with Gasteiger partial charge in [0.1, 0.15) is 23.0 Å². The zero-order valence-corrected chi connectivity index (χ0v) is 9.77. The molecular formula is C14H12O4. The highest BCUT2D eigenvalue weighted by Gasteiger charge is 2.26. The molecule has 0 fully saturated rings. The summed E-state index contributed by atoms with van der Waals surface area (Å²) in [4.78, 5) is 0.